The summed E-state index contributed by atoms with van der Waals surface area (Å²) in [4.78, 5) is 11.7. The first kappa shape index (κ1) is 13.1. The molecule has 1 aromatic carbocycles. The van der Waals surface area contributed by atoms with Gasteiger partial charge < -0.3 is 10.4 Å². The molecule has 98 valence electrons. The molecule has 1 amide bonds. The van der Waals surface area contributed by atoms with Crippen molar-refractivity contribution in [3.8, 4) is 0 Å². The number of carbonyl (C=O) groups excluding carboxylic acids is 1. The van der Waals surface area contributed by atoms with Crippen molar-refractivity contribution >= 4 is 5.91 Å². The van der Waals surface area contributed by atoms with Crippen LogP contribution in [0.15, 0.2) is 30.3 Å². The fraction of sp³-hybridized carbons (Fsp3) is 0.533. The van der Waals surface area contributed by atoms with E-state index in [0.29, 0.717) is 13.0 Å². The molecule has 0 bridgehead atoms. The van der Waals surface area contributed by atoms with Gasteiger partial charge in [-0.15, -0.1) is 0 Å². The van der Waals surface area contributed by atoms with Gasteiger partial charge in [0.2, 0.25) is 5.91 Å². The van der Waals surface area contributed by atoms with Crippen molar-refractivity contribution in [3.05, 3.63) is 35.9 Å². The number of benzene rings is 1. The van der Waals surface area contributed by atoms with Crippen molar-refractivity contribution in [1.82, 2.24) is 5.32 Å². The van der Waals surface area contributed by atoms with Crippen LogP contribution in [0.2, 0.25) is 0 Å². The van der Waals surface area contributed by atoms with E-state index in [9.17, 15) is 9.90 Å². The number of nitrogens with one attached hydrogen (secondary N) is 1. The predicted octanol–water partition coefficient (Wildman–Crippen LogP) is 2.27. The lowest BCUT2D eigenvalue weighted by atomic mass is 10.1. The van der Waals surface area contributed by atoms with Gasteiger partial charge in [-0.25, -0.2) is 0 Å². The Balaban J connectivity index is 1.71. The Morgan fingerprint density at radius 1 is 1.44 bits per heavy atom. The maximum absolute atomic E-state index is 11.7. The van der Waals surface area contributed by atoms with E-state index in [1.54, 1.807) is 0 Å². The Morgan fingerprint density at radius 3 is 2.61 bits per heavy atom. The topological polar surface area (TPSA) is 49.3 Å². The fourth-order valence-corrected chi connectivity index (χ4v) is 2.21. The Kier molecular flexibility index (Phi) is 3.71. The zero-order valence-corrected chi connectivity index (χ0v) is 11.0. The second kappa shape index (κ2) is 5.11. The maximum atomic E-state index is 11.7. The summed E-state index contributed by atoms with van der Waals surface area (Å²) < 4.78 is 0. The third-order valence-electron chi connectivity index (χ3n) is 3.73. The molecule has 18 heavy (non-hydrogen) atoms. The van der Waals surface area contributed by atoms with Gasteiger partial charge in [0.05, 0.1) is 6.10 Å². The summed E-state index contributed by atoms with van der Waals surface area (Å²) in [7, 11) is 0. The van der Waals surface area contributed by atoms with Gasteiger partial charge in [-0.05, 0) is 23.8 Å². The average molecular weight is 247 g/mol. The van der Waals surface area contributed by atoms with Crippen LogP contribution in [0.25, 0.3) is 0 Å². The number of hydrogen-bond acceptors (Lipinski definition) is 2. The van der Waals surface area contributed by atoms with Gasteiger partial charge >= 0.3 is 0 Å². The molecule has 1 aliphatic rings. The molecular formula is C15H21NO2. The first-order valence-electron chi connectivity index (χ1n) is 6.51. The molecule has 1 unspecified atom stereocenters. The molecule has 0 radical (unpaired) electrons. The number of aliphatic hydroxyl groups is 1. The number of carbonyl (C=O) groups is 1. The highest BCUT2D eigenvalue weighted by molar-refractivity contribution is 5.82. The van der Waals surface area contributed by atoms with E-state index in [0.717, 1.165) is 12.0 Å². The molecule has 1 aromatic rings. The SMILES string of the molecule is CC1(C)C[C@@H]1C(=O)NCCC(O)c1ccccc1. The van der Waals surface area contributed by atoms with E-state index in [4.69, 9.17) is 0 Å². The average Bonchev–Trinajstić information content (AvgIpc) is 2.99. The lowest BCUT2D eigenvalue weighted by molar-refractivity contribution is -0.123. The summed E-state index contributed by atoms with van der Waals surface area (Å²) in [5, 5.41) is 12.8. The van der Waals surface area contributed by atoms with E-state index < -0.39 is 6.10 Å². The van der Waals surface area contributed by atoms with Crippen molar-refractivity contribution in [3.63, 3.8) is 0 Å². The second-order valence-corrected chi connectivity index (χ2v) is 5.75. The summed E-state index contributed by atoms with van der Waals surface area (Å²) in [5.41, 5.74) is 1.07. The molecule has 1 aliphatic carbocycles. The van der Waals surface area contributed by atoms with Gasteiger partial charge in [0, 0.05) is 12.5 Å². The van der Waals surface area contributed by atoms with Gasteiger partial charge in [-0.1, -0.05) is 44.2 Å². The predicted molar refractivity (Wildman–Crippen MR) is 70.9 cm³/mol. The van der Waals surface area contributed by atoms with Crippen LogP contribution in [0.5, 0.6) is 0 Å². The molecule has 1 saturated carbocycles. The van der Waals surface area contributed by atoms with E-state index in [2.05, 4.69) is 19.2 Å². The normalized spacial score (nSPS) is 22.3. The van der Waals surface area contributed by atoms with Crippen LogP contribution in [0, 0.1) is 11.3 Å². The summed E-state index contributed by atoms with van der Waals surface area (Å²) in [5.74, 6) is 0.284. The molecule has 1 fully saturated rings. The van der Waals surface area contributed by atoms with Crippen molar-refractivity contribution in [1.29, 1.82) is 0 Å². The lowest BCUT2D eigenvalue weighted by Gasteiger charge is -2.12. The van der Waals surface area contributed by atoms with Crippen molar-refractivity contribution in [2.75, 3.05) is 6.54 Å². The standard InChI is InChI=1S/C15H21NO2/c1-15(2)10-12(15)14(18)16-9-8-13(17)11-6-4-3-5-7-11/h3-7,12-13,17H,8-10H2,1-2H3,(H,16,18)/t12-,13?/m1/s1. The monoisotopic (exact) mass is 247 g/mol. The van der Waals surface area contributed by atoms with Crippen molar-refractivity contribution in [2.24, 2.45) is 11.3 Å². The number of hydrogen-bond donors (Lipinski definition) is 2. The highest BCUT2D eigenvalue weighted by Crippen LogP contribution is 2.51. The molecule has 0 saturated heterocycles. The fourth-order valence-electron chi connectivity index (χ4n) is 2.21. The van der Waals surface area contributed by atoms with Gasteiger partial charge in [-0.3, -0.25) is 4.79 Å². The Morgan fingerprint density at radius 2 is 2.06 bits per heavy atom. The van der Waals surface area contributed by atoms with E-state index in [-0.39, 0.29) is 17.2 Å². The third-order valence-corrected chi connectivity index (χ3v) is 3.73. The zero-order valence-electron chi connectivity index (χ0n) is 11.0. The minimum atomic E-state index is -0.501. The Bertz CT molecular complexity index is 414. The van der Waals surface area contributed by atoms with Crippen LogP contribution in [0.3, 0.4) is 0 Å². The molecule has 2 rings (SSSR count). The molecule has 0 spiro atoms. The molecule has 0 aromatic heterocycles. The van der Waals surface area contributed by atoms with Crippen LogP contribution in [-0.2, 0) is 4.79 Å². The van der Waals surface area contributed by atoms with Crippen molar-refractivity contribution < 1.29 is 9.90 Å². The second-order valence-electron chi connectivity index (χ2n) is 5.75. The highest BCUT2D eigenvalue weighted by atomic mass is 16.3. The number of amides is 1. The Hall–Kier alpha value is -1.35. The van der Waals surface area contributed by atoms with Crippen LogP contribution in [0.1, 0.15) is 38.4 Å². The summed E-state index contributed by atoms with van der Waals surface area (Å²) in [6.07, 6.45) is 1.03. The molecule has 0 heterocycles. The lowest BCUT2D eigenvalue weighted by Crippen LogP contribution is -2.28. The van der Waals surface area contributed by atoms with E-state index in [1.807, 2.05) is 30.3 Å². The third kappa shape index (κ3) is 3.10. The van der Waals surface area contributed by atoms with Crippen LogP contribution in [-0.4, -0.2) is 17.6 Å². The van der Waals surface area contributed by atoms with Crippen LogP contribution < -0.4 is 5.32 Å². The number of aliphatic hydroxyl groups excluding tert-OH is 1. The first-order chi connectivity index (χ1) is 8.50. The largest absolute Gasteiger partial charge is 0.388 e. The summed E-state index contributed by atoms with van der Waals surface area (Å²) in [6, 6.07) is 9.54. The molecular weight excluding hydrogens is 226 g/mol. The molecule has 2 N–H and O–H groups in total. The molecule has 3 nitrogen and oxygen atoms in total. The molecule has 0 aliphatic heterocycles. The minimum absolute atomic E-state index is 0.125. The van der Waals surface area contributed by atoms with Gasteiger partial charge in [-0.2, -0.15) is 0 Å². The highest BCUT2D eigenvalue weighted by Gasteiger charge is 2.50. The smallest absolute Gasteiger partial charge is 0.223 e. The molecule has 2 atom stereocenters. The Labute approximate surface area is 108 Å². The molecule has 3 heteroatoms. The van der Waals surface area contributed by atoms with Crippen LogP contribution in [0.4, 0.5) is 0 Å². The minimum Gasteiger partial charge on any atom is -0.388 e. The quantitative estimate of drug-likeness (QED) is 0.838. The van der Waals surface area contributed by atoms with Gasteiger partial charge in [0.25, 0.3) is 0 Å². The first-order valence-corrected chi connectivity index (χ1v) is 6.51. The number of rotatable bonds is 5. The summed E-state index contributed by atoms with van der Waals surface area (Å²) >= 11 is 0. The summed E-state index contributed by atoms with van der Waals surface area (Å²) in [6.45, 7) is 4.74. The van der Waals surface area contributed by atoms with Crippen molar-refractivity contribution in [2.45, 2.75) is 32.8 Å². The van der Waals surface area contributed by atoms with Gasteiger partial charge in [0.1, 0.15) is 0 Å². The van der Waals surface area contributed by atoms with E-state index in [1.165, 1.54) is 0 Å². The van der Waals surface area contributed by atoms with Crippen LogP contribution >= 0.6 is 0 Å². The maximum Gasteiger partial charge on any atom is 0.223 e. The zero-order chi connectivity index (χ0) is 13.2. The van der Waals surface area contributed by atoms with E-state index >= 15 is 0 Å². The van der Waals surface area contributed by atoms with Gasteiger partial charge in [0.15, 0.2) is 0 Å².